The van der Waals surface area contributed by atoms with Gasteiger partial charge in [0.15, 0.2) is 17.3 Å². The Kier molecular flexibility index (Phi) is 5.43. The molecule has 170 valence electrons. The number of nitrogens with one attached hydrogen (secondary N) is 1. The maximum Gasteiger partial charge on any atom is 0.436 e. The molecule has 1 aromatic carbocycles. The lowest BCUT2D eigenvalue weighted by Gasteiger charge is -2.12. The summed E-state index contributed by atoms with van der Waals surface area (Å²) in [6, 6.07) is 2.55. The molecule has 2 aromatic heterocycles. The minimum absolute atomic E-state index is 0.155. The molecule has 0 unspecified atom stereocenters. The van der Waals surface area contributed by atoms with Crippen LogP contribution in [0.15, 0.2) is 29.1 Å². The molecule has 0 aliphatic heterocycles. The van der Waals surface area contributed by atoms with E-state index >= 15 is 0 Å². The molecule has 0 atom stereocenters. The molecular formula is C18H8F9N3O2. The van der Waals surface area contributed by atoms with Gasteiger partial charge in [0.1, 0.15) is 11.3 Å². The maximum atomic E-state index is 14.3. The van der Waals surface area contributed by atoms with Crippen molar-refractivity contribution < 1.29 is 44.3 Å². The van der Waals surface area contributed by atoms with E-state index < -0.39 is 75.0 Å². The predicted octanol–water partition coefficient (Wildman–Crippen LogP) is 4.55. The van der Waals surface area contributed by atoms with Gasteiger partial charge in [-0.25, -0.2) is 14.1 Å². The number of nitrogens with zero attached hydrogens (tertiary/aromatic N) is 2. The molecule has 0 fully saturated rings. The molecule has 0 aliphatic carbocycles. The van der Waals surface area contributed by atoms with Gasteiger partial charge in [-0.2, -0.15) is 35.1 Å². The summed E-state index contributed by atoms with van der Waals surface area (Å²) in [6.07, 6.45) is -10.3. The highest BCUT2D eigenvalue weighted by atomic mass is 19.4. The summed E-state index contributed by atoms with van der Waals surface area (Å²) in [6.45, 7) is 1.03. The quantitative estimate of drug-likeness (QED) is 0.348. The summed E-state index contributed by atoms with van der Waals surface area (Å²) in [4.78, 5) is 27.3. The Balaban J connectivity index is 2.17. The number of H-pyrrole nitrogens is 1. The van der Waals surface area contributed by atoms with Gasteiger partial charge >= 0.3 is 12.4 Å². The minimum Gasteiger partial charge on any atom is -0.294 e. The van der Waals surface area contributed by atoms with Gasteiger partial charge in [0.2, 0.25) is 5.82 Å². The first kappa shape index (κ1) is 23.1. The van der Waals surface area contributed by atoms with Crippen molar-refractivity contribution in [2.24, 2.45) is 0 Å². The van der Waals surface area contributed by atoms with Crippen LogP contribution in [0.2, 0.25) is 0 Å². The fraction of sp³-hybridized carbons (Fsp3) is 0.167. The number of pyridine rings is 1. The summed E-state index contributed by atoms with van der Waals surface area (Å²) >= 11 is 0. The van der Waals surface area contributed by atoms with Crippen molar-refractivity contribution in [2.75, 3.05) is 0 Å². The molecule has 0 amide bonds. The van der Waals surface area contributed by atoms with Crippen molar-refractivity contribution in [3.05, 3.63) is 80.3 Å². The standard InChI is InChI=1S/C18H8F9N3O2/c1-6-9(13(31)7-2-4-8(5-3-7)17(22,23)24)16(32)30(29-6)12-10(19)14(18(25,26)27)28-15(21)11(12)20/h2-5,29H,1H3. The third-order valence-corrected chi connectivity index (χ3v) is 4.28. The summed E-state index contributed by atoms with van der Waals surface area (Å²) in [7, 11) is 0. The van der Waals surface area contributed by atoms with Crippen molar-refractivity contribution in [2.45, 2.75) is 19.3 Å². The highest BCUT2D eigenvalue weighted by Gasteiger charge is 2.40. The number of hydrogen-bond donors (Lipinski definition) is 1. The van der Waals surface area contributed by atoms with Crippen LogP contribution in [-0.2, 0) is 12.4 Å². The molecule has 0 aliphatic rings. The van der Waals surface area contributed by atoms with E-state index in [1.807, 2.05) is 5.10 Å². The van der Waals surface area contributed by atoms with Gasteiger partial charge in [0.25, 0.3) is 11.5 Å². The van der Waals surface area contributed by atoms with Crippen LogP contribution in [-0.4, -0.2) is 20.5 Å². The lowest BCUT2D eigenvalue weighted by atomic mass is 10.0. The Morgan fingerprint density at radius 1 is 0.938 bits per heavy atom. The second-order valence-electron chi connectivity index (χ2n) is 6.38. The Labute approximate surface area is 171 Å². The second kappa shape index (κ2) is 7.53. The van der Waals surface area contributed by atoms with Gasteiger partial charge in [-0.1, -0.05) is 12.1 Å². The first-order valence-electron chi connectivity index (χ1n) is 8.30. The lowest BCUT2D eigenvalue weighted by molar-refractivity contribution is -0.144. The van der Waals surface area contributed by atoms with Crippen LogP contribution in [0.25, 0.3) is 5.69 Å². The fourth-order valence-corrected chi connectivity index (χ4v) is 2.81. The van der Waals surface area contributed by atoms with E-state index in [4.69, 9.17) is 0 Å². The van der Waals surface area contributed by atoms with Gasteiger partial charge in [0, 0.05) is 11.3 Å². The van der Waals surface area contributed by atoms with E-state index in [9.17, 15) is 49.1 Å². The number of aryl methyl sites for hydroxylation is 1. The molecule has 3 rings (SSSR count). The molecule has 0 bridgehead atoms. The molecule has 5 nitrogen and oxygen atoms in total. The van der Waals surface area contributed by atoms with Gasteiger partial charge < -0.3 is 0 Å². The maximum absolute atomic E-state index is 14.3. The number of hydrogen-bond acceptors (Lipinski definition) is 3. The molecule has 1 N–H and O–H groups in total. The van der Waals surface area contributed by atoms with Gasteiger partial charge in [-0.15, -0.1) is 0 Å². The molecule has 3 aromatic rings. The fourth-order valence-electron chi connectivity index (χ4n) is 2.81. The van der Waals surface area contributed by atoms with Crippen LogP contribution < -0.4 is 5.56 Å². The molecule has 0 spiro atoms. The second-order valence-corrected chi connectivity index (χ2v) is 6.38. The molecule has 14 heteroatoms. The number of ketones is 1. The zero-order chi connectivity index (χ0) is 24.2. The van der Waals surface area contributed by atoms with Crippen LogP contribution in [0.3, 0.4) is 0 Å². The number of alkyl halides is 6. The van der Waals surface area contributed by atoms with Gasteiger partial charge in [-0.05, 0) is 19.1 Å². The Hall–Kier alpha value is -3.58. The lowest BCUT2D eigenvalue weighted by Crippen LogP contribution is -2.25. The Morgan fingerprint density at radius 3 is 2.00 bits per heavy atom. The number of carbonyl (C=O) groups excluding carboxylic acids is 1. The number of carbonyl (C=O) groups is 1. The Bertz CT molecular complexity index is 1270. The largest absolute Gasteiger partial charge is 0.436 e. The first-order valence-corrected chi connectivity index (χ1v) is 8.30. The average Bonchev–Trinajstić information content (AvgIpc) is 2.97. The Morgan fingerprint density at radius 2 is 1.50 bits per heavy atom. The molecule has 0 saturated heterocycles. The predicted molar refractivity (Wildman–Crippen MR) is 88.7 cm³/mol. The molecule has 32 heavy (non-hydrogen) atoms. The van der Waals surface area contributed by atoms with E-state index in [2.05, 4.69) is 4.98 Å². The average molecular weight is 469 g/mol. The number of aromatic amines is 1. The van der Waals surface area contributed by atoms with Gasteiger partial charge in [0.05, 0.1) is 5.56 Å². The van der Waals surface area contributed by atoms with Crippen LogP contribution >= 0.6 is 0 Å². The monoisotopic (exact) mass is 469 g/mol. The van der Waals surface area contributed by atoms with Crippen molar-refractivity contribution in [3.8, 4) is 5.69 Å². The zero-order valence-electron chi connectivity index (χ0n) is 15.4. The van der Waals surface area contributed by atoms with Crippen LogP contribution in [0, 0.1) is 24.5 Å². The molecule has 0 radical (unpaired) electrons. The topological polar surface area (TPSA) is 67.8 Å². The molecular weight excluding hydrogens is 461 g/mol. The number of halogens is 9. The highest BCUT2D eigenvalue weighted by Crippen LogP contribution is 2.33. The summed E-state index contributed by atoms with van der Waals surface area (Å²) in [5.74, 6) is -8.22. The van der Waals surface area contributed by atoms with Gasteiger partial charge in [-0.3, -0.25) is 14.7 Å². The van der Waals surface area contributed by atoms with Crippen molar-refractivity contribution >= 4 is 5.78 Å². The number of benzene rings is 1. The third kappa shape index (κ3) is 3.87. The number of rotatable bonds is 3. The van der Waals surface area contributed by atoms with E-state index in [1.165, 1.54) is 0 Å². The third-order valence-electron chi connectivity index (χ3n) is 4.28. The minimum atomic E-state index is -5.54. The van der Waals surface area contributed by atoms with Crippen molar-refractivity contribution in [1.82, 2.24) is 14.8 Å². The summed E-state index contributed by atoms with van der Waals surface area (Å²) < 4.78 is 118. The van der Waals surface area contributed by atoms with Crippen LogP contribution in [0.5, 0.6) is 0 Å². The molecule has 0 saturated carbocycles. The SMILES string of the molecule is Cc1[nH]n(-c2c(F)c(F)nc(C(F)(F)F)c2F)c(=O)c1C(=O)c1ccc(C(F)(F)F)cc1. The zero-order valence-corrected chi connectivity index (χ0v) is 15.4. The smallest absolute Gasteiger partial charge is 0.294 e. The molecule has 2 heterocycles. The van der Waals surface area contributed by atoms with Crippen molar-refractivity contribution in [1.29, 1.82) is 0 Å². The van der Waals surface area contributed by atoms with E-state index in [-0.39, 0.29) is 4.68 Å². The normalized spacial score (nSPS) is 12.3. The summed E-state index contributed by atoms with van der Waals surface area (Å²) in [5.41, 5.74) is -8.58. The van der Waals surface area contributed by atoms with Crippen molar-refractivity contribution in [3.63, 3.8) is 0 Å². The first-order chi connectivity index (χ1) is 14.6. The van der Waals surface area contributed by atoms with Crippen LogP contribution in [0.4, 0.5) is 39.5 Å². The van der Waals surface area contributed by atoms with E-state index in [0.29, 0.717) is 12.1 Å². The number of aromatic nitrogens is 3. The highest BCUT2D eigenvalue weighted by molar-refractivity contribution is 6.09. The van der Waals surface area contributed by atoms with Crippen LogP contribution in [0.1, 0.15) is 32.9 Å². The van der Waals surface area contributed by atoms with E-state index in [1.54, 1.807) is 0 Å². The van der Waals surface area contributed by atoms with E-state index in [0.717, 1.165) is 19.1 Å². The summed E-state index contributed by atoms with van der Waals surface area (Å²) in [5, 5.41) is 1.96.